The van der Waals surface area contributed by atoms with Gasteiger partial charge in [0.1, 0.15) is 0 Å². The first-order chi connectivity index (χ1) is 9.93. The molecule has 94 valence electrons. The van der Waals surface area contributed by atoms with E-state index in [1.807, 2.05) is 0 Å². The summed E-state index contributed by atoms with van der Waals surface area (Å²) in [5, 5.41) is 0. The van der Waals surface area contributed by atoms with Gasteiger partial charge in [-0.3, -0.25) is 0 Å². The van der Waals surface area contributed by atoms with Crippen LogP contribution in [0.4, 0.5) is 0 Å². The molecule has 0 spiro atoms. The van der Waals surface area contributed by atoms with E-state index in [-0.39, 0.29) is 0 Å². The van der Waals surface area contributed by atoms with Crippen LogP contribution < -0.4 is 0 Å². The Morgan fingerprint density at radius 2 is 1.50 bits per heavy atom. The van der Waals surface area contributed by atoms with Crippen LogP contribution in [0.1, 0.15) is 22.6 Å². The van der Waals surface area contributed by atoms with Gasteiger partial charge in [-0.1, -0.05) is 72.8 Å². The van der Waals surface area contributed by atoms with Gasteiger partial charge in [-0.2, -0.15) is 0 Å². The Balaban J connectivity index is 1.90. The van der Waals surface area contributed by atoms with Crippen molar-refractivity contribution in [3.8, 4) is 11.1 Å². The van der Waals surface area contributed by atoms with Gasteiger partial charge in [0.25, 0.3) is 0 Å². The summed E-state index contributed by atoms with van der Waals surface area (Å²) >= 11 is 0. The molecule has 0 bridgehead atoms. The molecule has 0 saturated heterocycles. The SMILES string of the molecule is C1=CC2C=C3c4ccccc4-c4cccc(c43)C2C=C1. The molecule has 0 aliphatic heterocycles. The van der Waals surface area contributed by atoms with Gasteiger partial charge in [0.15, 0.2) is 0 Å². The molecule has 0 saturated carbocycles. The van der Waals surface area contributed by atoms with Gasteiger partial charge in [-0.05, 0) is 33.4 Å². The molecular weight excluding hydrogens is 240 g/mol. The first-order valence-electron chi connectivity index (χ1n) is 7.23. The lowest BCUT2D eigenvalue weighted by molar-refractivity contribution is 0.690. The third-order valence-corrected chi connectivity index (χ3v) is 4.77. The van der Waals surface area contributed by atoms with Crippen LogP contribution in [0.2, 0.25) is 0 Å². The van der Waals surface area contributed by atoms with Gasteiger partial charge in [-0.15, -0.1) is 0 Å². The fourth-order valence-electron chi connectivity index (χ4n) is 3.92. The number of rotatable bonds is 0. The number of allylic oxidation sites excluding steroid dienone is 5. The molecule has 0 heterocycles. The summed E-state index contributed by atoms with van der Waals surface area (Å²) in [5.41, 5.74) is 8.59. The highest BCUT2D eigenvalue weighted by Crippen LogP contribution is 2.52. The maximum Gasteiger partial charge on any atom is 0.0125 e. The van der Waals surface area contributed by atoms with E-state index in [9.17, 15) is 0 Å². The van der Waals surface area contributed by atoms with E-state index in [1.54, 1.807) is 0 Å². The summed E-state index contributed by atoms with van der Waals surface area (Å²) in [6.07, 6.45) is 11.5. The maximum atomic E-state index is 2.46. The number of benzene rings is 2. The normalized spacial score (nSPS) is 23.9. The summed E-state index contributed by atoms with van der Waals surface area (Å²) < 4.78 is 0. The highest BCUT2D eigenvalue weighted by Gasteiger charge is 2.34. The minimum atomic E-state index is 0.504. The van der Waals surface area contributed by atoms with Crippen molar-refractivity contribution in [3.63, 3.8) is 0 Å². The first-order valence-corrected chi connectivity index (χ1v) is 7.23. The molecule has 2 aromatic carbocycles. The Labute approximate surface area is 118 Å². The molecule has 0 aromatic heterocycles. The summed E-state index contributed by atoms with van der Waals surface area (Å²) in [4.78, 5) is 0. The van der Waals surface area contributed by atoms with Gasteiger partial charge in [0, 0.05) is 11.8 Å². The zero-order valence-electron chi connectivity index (χ0n) is 11.1. The van der Waals surface area contributed by atoms with Crippen molar-refractivity contribution in [2.24, 2.45) is 5.92 Å². The van der Waals surface area contributed by atoms with E-state index in [1.165, 1.54) is 33.4 Å². The van der Waals surface area contributed by atoms with Crippen LogP contribution in [0.5, 0.6) is 0 Å². The monoisotopic (exact) mass is 254 g/mol. The second kappa shape index (κ2) is 3.61. The van der Waals surface area contributed by atoms with Crippen LogP contribution in [0.25, 0.3) is 16.7 Å². The highest BCUT2D eigenvalue weighted by atomic mass is 14.4. The maximum absolute atomic E-state index is 2.46. The second-order valence-corrected chi connectivity index (χ2v) is 5.77. The lowest BCUT2D eigenvalue weighted by Gasteiger charge is -2.29. The quantitative estimate of drug-likeness (QED) is 0.533. The van der Waals surface area contributed by atoms with Gasteiger partial charge in [0.2, 0.25) is 0 Å². The molecule has 5 rings (SSSR count). The van der Waals surface area contributed by atoms with Crippen molar-refractivity contribution in [1.29, 1.82) is 0 Å². The van der Waals surface area contributed by atoms with Gasteiger partial charge in [0.05, 0.1) is 0 Å². The summed E-state index contributed by atoms with van der Waals surface area (Å²) in [6.45, 7) is 0. The summed E-state index contributed by atoms with van der Waals surface area (Å²) in [7, 11) is 0. The number of hydrogen-bond donors (Lipinski definition) is 0. The average molecular weight is 254 g/mol. The Kier molecular flexibility index (Phi) is 1.88. The van der Waals surface area contributed by atoms with Crippen molar-refractivity contribution < 1.29 is 0 Å². The lowest BCUT2D eigenvalue weighted by Crippen LogP contribution is -2.15. The van der Waals surface area contributed by atoms with Crippen molar-refractivity contribution in [1.82, 2.24) is 0 Å². The van der Waals surface area contributed by atoms with Crippen molar-refractivity contribution in [3.05, 3.63) is 89.5 Å². The van der Waals surface area contributed by atoms with Gasteiger partial charge >= 0.3 is 0 Å². The predicted octanol–water partition coefficient (Wildman–Crippen LogP) is 4.94. The smallest absolute Gasteiger partial charge is 0.0125 e. The Morgan fingerprint density at radius 3 is 2.45 bits per heavy atom. The zero-order valence-corrected chi connectivity index (χ0v) is 11.1. The van der Waals surface area contributed by atoms with Crippen LogP contribution in [0, 0.1) is 5.92 Å². The third kappa shape index (κ3) is 1.17. The van der Waals surface area contributed by atoms with E-state index in [0.717, 1.165) is 0 Å². The summed E-state index contributed by atoms with van der Waals surface area (Å²) in [6, 6.07) is 15.6. The molecule has 0 N–H and O–H groups in total. The molecule has 0 heteroatoms. The van der Waals surface area contributed by atoms with Crippen LogP contribution in [-0.2, 0) is 0 Å². The third-order valence-electron chi connectivity index (χ3n) is 4.77. The fraction of sp³-hybridized carbons (Fsp3) is 0.100. The largest absolute Gasteiger partial charge is 0.0767 e. The van der Waals surface area contributed by atoms with Crippen molar-refractivity contribution in [2.45, 2.75) is 5.92 Å². The van der Waals surface area contributed by atoms with E-state index in [2.05, 4.69) is 72.8 Å². The second-order valence-electron chi connectivity index (χ2n) is 5.77. The van der Waals surface area contributed by atoms with E-state index in [0.29, 0.717) is 11.8 Å². The minimum absolute atomic E-state index is 0.504. The van der Waals surface area contributed by atoms with E-state index in [4.69, 9.17) is 0 Å². The van der Waals surface area contributed by atoms with Crippen molar-refractivity contribution >= 4 is 5.57 Å². The Bertz CT molecular complexity index is 818. The molecule has 3 aliphatic carbocycles. The lowest BCUT2D eigenvalue weighted by atomic mass is 9.74. The number of hydrogen-bond acceptors (Lipinski definition) is 0. The zero-order chi connectivity index (χ0) is 13.1. The minimum Gasteiger partial charge on any atom is -0.0767 e. The van der Waals surface area contributed by atoms with Crippen LogP contribution in [0.15, 0.2) is 72.8 Å². The van der Waals surface area contributed by atoms with Crippen LogP contribution in [0.3, 0.4) is 0 Å². The Morgan fingerprint density at radius 1 is 0.700 bits per heavy atom. The molecule has 2 unspecified atom stereocenters. The predicted molar refractivity (Wildman–Crippen MR) is 83.5 cm³/mol. The Hall–Kier alpha value is -2.34. The molecule has 2 aromatic rings. The van der Waals surface area contributed by atoms with Crippen molar-refractivity contribution in [2.75, 3.05) is 0 Å². The molecule has 0 radical (unpaired) electrons. The molecule has 3 aliphatic rings. The topological polar surface area (TPSA) is 0 Å². The van der Waals surface area contributed by atoms with E-state index >= 15 is 0 Å². The fourth-order valence-corrected chi connectivity index (χ4v) is 3.92. The average Bonchev–Trinajstić information content (AvgIpc) is 2.84. The first kappa shape index (κ1) is 10.4. The van der Waals surface area contributed by atoms with Crippen LogP contribution in [-0.4, -0.2) is 0 Å². The molecular formula is C20H14. The molecule has 0 nitrogen and oxygen atoms in total. The standard InChI is InChI=1S/C20H14/c1-2-7-14-13(6-1)12-19-16-9-4-3-8-15(16)18-11-5-10-17(14)20(18)19/h1-14H. The molecule has 0 amide bonds. The molecule has 20 heavy (non-hydrogen) atoms. The van der Waals surface area contributed by atoms with E-state index < -0.39 is 0 Å². The number of fused-ring (bicyclic) bond motifs is 5. The highest BCUT2D eigenvalue weighted by molar-refractivity contribution is 6.03. The summed E-state index contributed by atoms with van der Waals surface area (Å²) in [5.74, 6) is 1.01. The van der Waals surface area contributed by atoms with Gasteiger partial charge in [-0.25, -0.2) is 0 Å². The van der Waals surface area contributed by atoms with Gasteiger partial charge < -0.3 is 0 Å². The molecule has 0 fully saturated rings. The molecule has 2 atom stereocenters. The van der Waals surface area contributed by atoms with Crippen LogP contribution >= 0.6 is 0 Å².